The predicted octanol–water partition coefficient (Wildman–Crippen LogP) is -0.000240. The molecule has 1 aromatic carbocycles. The second-order valence-electron chi connectivity index (χ2n) is 4.38. The van der Waals surface area contributed by atoms with Crippen LogP contribution >= 0.6 is 0 Å². The van der Waals surface area contributed by atoms with Gasteiger partial charge in [0.1, 0.15) is 12.1 Å². The number of rotatable bonds is 2. The number of benzene rings is 1. The summed E-state index contributed by atoms with van der Waals surface area (Å²) in [5.74, 6) is -0.401. The normalized spacial score (nSPS) is 24.4. The molecule has 0 bridgehead atoms. The fourth-order valence-corrected chi connectivity index (χ4v) is 3.75. The van der Waals surface area contributed by atoms with E-state index in [0.717, 1.165) is 0 Å². The van der Waals surface area contributed by atoms with Crippen LogP contribution in [0.1, 0.15) is 11.1 Å². The molecule has 0 aromatic heterocycles. The van der Waals surface area contributed by atoms with Crippen molar-refractivity contribution in [1.82, 2.24) is 0 Å². The quantitative estimate of drug-likeness (QED) is 0.786. The SMILES string of the molecule is N#Cc1ccc(NC2CS(=O)(=O)CC2O)cc1C#N. The number of nitrogens with one attached hydrogen (secondary N) is 1. The molecule has 1 saturated heterocycles. The Kier molecular flexibility index (Phi) is 3.43. The lowest BCUT2D eigenvalue weighted by Gasteiger charge is -2.16. The van der Waals surface area contributed by atoms with Crippen molar-refractivity contribution < 1.29 is 13.5 Å². The van der Waals surface area contributed by atoms with E-state index in [1.807, 2.05) is 12.1 Å². The first-order valence-corrected chi connectivity index (χ1v) is 7.36. The van der Waals surface area contributed by atoms with Crippen molar-refractivity contribution >= 4 is 15.5 Å². The van der Waals surface area contributed by atoms with Crippen molar-refractivity contribution in [3.05, 3.63) is 29.3 Å². The monoisotopic (exact) mass is 277 g/mol. The van der Waals surface area contributed by atoms with Gasteiger partial charge in [-0.15, -0.1) is 0 Å². The largest absolute Gasteiger partial charge is 0.390 e. The smallest absolute Gasteiger partial charge is 0.155 e. The lowest BCUT2D eigenvalue weighted by atomic mass is 10.1. The van der Waals surface area contributed by atoms with Gasteiger partial charge in [0.2, 0.25) is 0 Å². The van der Waals surface area contributed by atoms with Crippen LogP contribution in [0.25, 0.3) is 0 Å². The van der Waals surface area contributed by atoms with Gasteiger partial charge in [0, 0.05) is 5.69 Å². The Balaban J connectivity index is 2.22. The summed E-state index contributed by atoms with van der Waals surface area (Å²) >= 11 is 0. The van der Waals surface area contributed by atoms with Gasteiger partial charge in [0.05, 0.1) is 34.8 Å². The molecule has 2 unspecified atom stereocenters. The van der Waals surface area contributed by atoms with Crippen molar-refractivity contribution in [2.45, 2.75) is 12.1 Å². The van der Waals surface area contributed by atoms with Crippen LogP contribution < -0.4 is 5.32 Å². The van der Waals surface area contributed by atoms with E-state index in [2.05, 4.69) is 5.32 Å². The molecule has 0 spiro atoms. The second kappa shape index (κ2) is 4.88. The summed E-state index contributed by atoms with van der Waals surface area (Å²) < 4.78 is 22.7. The summed E-state index contributed by atoms with van der Waals surface area (Å²) in [6.07, 6.45) is -0.967. The molecule has 0 radical (unpaired) electrons. The van der Waals surface area contributed by atoms with E-state index in [4.69, 9.17) is 10.5 Å². The zero-order valence-electron chi connectivity index (χ0n) is 9.87. The molecule has 1 aliphatic rings. The van der Waals surface area contributed by atoms with E-state index in [9.17, 15) is 13.5 Å². The molecular formula is C12H11N3O3S. The molecule has 0 saturated carbocycles. The average molecular weight is 277 g/mol. The highest BCUT2D eigenvalue weighted by atomic mass is 32.2. The molecule has 2 rings (SSSR count). The lowest BCUT2D eigenvalue weighted by molar-refractivity contribution is 0.190. The van der Waals surface area contributed by atoms with Crippen LogP contribution in [0.2, 0.25) is 0 Å². The number of anilines is 1. The summed E-state index contributed by atoms with van der Waals surface area (Å²) in [7, 11) is -3.22. The van der Waals surface area contributed by atoms with Gasteiger partial charge in [-0.3, -0.25) is 0 Å². The number of nitrogens with zero attached hydrogens (tertiary/aromatic N) is 2. The Morgan fingerprint density at radius 1 is 1.21 bits per heavy atom. The number of hydrogen-bond donors (Lipinski definition) is 2. The van der Waals surface area contributed by atoms with Crippen LogP contribution in [0.15, 0.2) is 18.2 Å². The molecule has 7 heteroatoms. The maximum atomic E-state index is 11.4. The van der Waals surface area contributed by atoms with E-state index in [1.165, 1.54) is 12.1 Å². The Bertz CT molecular complexity index is 685. The molecule has 0 amide bonds. The average Bonchev–Trinajstić information content (AvgIpc) is 2.62. The van der Waals surface area contributed by atoms with Gasteiger partial charge in [-0.2, -0.15) is 10.5 Å². The van der Waals surface area contributed by atoms with Gasteiger partial charge in [-0.25, -0.2) is 8.42 Å². The number of aliphatic hydroxyl groups excluding tert-OH is 1. The lowest BCUT2D eigenvalue weighted by Crippen LogP contribution is -2.31. The van der Waals surface area contributed by atoms with Crippen molar-refractivity contribution in [3.63, 3.8) is 0 Å². The van der Waals surface area contributed by atoms with Gasteiger partial charge in [-0.05, 0) is 18.2 Å². The Morgan fingerprint density at radius 2 is 1.89 bits per heavy atom. The molecule has 0 aliphatic carbocycles. The van der Waals surface area contributed by atoms with Gasteiger partial charge >= 0.3 is 0 Å². The summed E-state index contributed by atoms with van der Waals surface area (Å²) in [4.78, 5) is 0. The first-order valence-electron chi connectivity index (χ1n) is 5.54. The third kappa shape index (κ3) is 2.84. The summed E-state index contributed by atoms with van der Waals surface area (Å²) in [5, 5.41) is 30.2. The van der Waals surface area contributed by atoms with Crippen LogP contribution in [-0.4, -0.2) is 37.2 Å². The Labute approximate surface area is 110 Å². The molecule has 6 nitrogen and oxygen atoms in total. The van der Waals surface area contributed by atoms with Crippen LogP contribution in [0, 0.1) is 22.7 Å². The van der Waals surface area contributed by atoms with E-state index in [1.54, 1.807) is 6.07 Å². The van der Waals surface area contributed by atoms with E-state index in [0.29, 0.717) is 5.69 Å². The third-order valence-corrected chi connectivity index (χ3v) is 4.65. The van der Waals surface area contributed by atoms with Gasteiger partial charge in [0.25, 0.3) is 0 Å². The highest BCUT2D eigenvalue weighted by molar-refractivity contribution is 7.91. The number of hydrogen-bond acceptors (Lipinski definition) is 6. The van der Waals surface area contributed by atoms with Crippen molar-refractivity contribution in [3.8, 4) is 12.1 Å². The Morgan fingerprint density at radius 3 is 2.42 bits per heavy atom. The molecule has 98 valence electrons. The molecule has 2 N–H and O–H groups in total. The zero-order valence-corrected chi connectivity index (χ0v) is 10.7. The molecule has 2 atom stereocenters. The molecule has 1 fully saturated rings. The highest BCUT2D eigenvalue weighted by Gasteiger charge is 2.36. The summed E-state index contributed by atoms with van der Waals surface area (Å²) in [5.41, 5.74) is 0.979. The summed E-state index contributed by atoms with van der Waals surface area (Å²) in [6, 6.07) is 7.73. The van der Waals surface area contributed by atoms with Crippen molar-refractivity contribution in [1.29, 1.82) is 10.5 Å². The first kappa shape index (κ1) is 13.3. The van der Waals surface area contributed by atoms with E-state index < -0.39 is 22.0 Å². The minimum absolute atomic E-state index is 0.143. The van der Waals surface area contributed by atoms with Crippen molar-refractivity contribution in [2.24, 2.45) is 0 Å². The number of nitriles is 2. The first-order chi connectivity index (χ1) is 8.95. The van der Waals surface area contributed by atoms with Crippen LogP contribution in [0.5, 0.6) is 0 Å². The van der Waals surface area contributed by atoms with Crippen LogP contribution in [0.3, 0.4) is 0 Å². The van der Waals surface area contributed by atoms with Gasteiger partial charge in [-0.1, -0.05) is 0 Å². The molecule has 1 heterocycles. The van der Waals surface area contributed by atoms with E-state index >= 15 is 0 Å². The van der Waals surface area contributed by atoms with Gasteiger partial charge in [0.15, 0.2) is 9.84 Å². The maximum absolute atomic E-state index is 11.4. The second-order valence-corrected chi connectivity index (χ2v) is 6.53. The molecule has 1 aromatic rings. The number of sulfone groups is 1. The van der Waals surface area contributed by atoms with E-state index in [-0.39, 0.29) is 22.6 Å². The third-order valence-electron chi connectivity index (χ3n) is 2.94. The zero-order chi connectivity index (χ0) is 14.0. The fourth-order valence-electron chi connectivity index (χ4n) is 2.00. The molecule has 19 heavy (non-hydrogen) atoms. The highest BCUT2D eigenvalue weighted by Crippen LogP contribution is 2.20. The predicted molar refractivity (Wildman–Crippen MR) is 67.9 cm³/mol. The summed E-state index contributed by atoms with van der Waals surface area (Å²) in [6.45, 7) is 0. The molecule has 1 aliphatic heterocycles. The molecular weight excluding hydrogens is 266 g/mol. The van der Waals surface area contributed by atoms with Crippen LogP contribution in [0.4, 0.5) is 5.69 Å². The standard InChI is InChI=1S/C12H11N3O3S/c13-4-8-1-2-10(3-9(8)5-14)15-11-6-19(17,18)7-12(11)16/h1-3,11-12,15-16H,6-7H2. The number of aliphatic hydroxyl groups is 1. The maximum Gasteiger partial charge on any atom is 0.155 e. The van der Waals surface area contributed by atoms with Crippen LogP contribution in [-0.2, 0) is 9.84 Å². The minimum atomic E-state index is -3.22. The Hall–Kier alpha value is -2.09. The van der Waals surface area contributed by atoms with Gasteiger partial charge < -0.3 is 10.4 Å². The minimum Gasteiger partial charge on any atom is -0.390 e. The van der Waals surface area contributed by atoms with Crippen molar-refractivity contribution in [2.75, 3.05) is 16.8 Å². The fraction of sp³-hybridized carbons (Fsp3) is 0.333. The topological polar surface area (TPSA) is 114 Å².